The highest BCUT2D eigenvalue weighted by molar-refractivity contribution is 5.78. The van der Waals surface area contributed by atoms with Gasteiger partial charge in [-0.2, -0.15) is 0 Å². The second-order valence-electron chi connectivity index (χ2n) is 4.68. The van der Waals surface area contributed by atoms with Gasteiger partial charge in [-0.05, 0) is 12.8 Å². The number of rotatable bonds is 2. The molecule has 2 aliphatic rings. The maximum absolute atomic E-state index is 12.1. The van der Waals surface area contributed by atoms with Crippen LogP contribution in [0.4, 0.5) is 0 Å². The summed E-state index contributed by atoms with van der Waals surface area (Å²) in [5.41, 5.74) is 0. The number of likely N-dealkylation sites (tertiary alicyclic amines) is 1. The molecule has 0 N–H and O–H groups in total. The molecule has 0 atom stereocenters. The van der Waals surface area contributed by atoms with Crippen molar-refractivity contribution in [2.24, 2.45) is 0 Å². The Morgan fingerprint density at radius 3 is 2.19 bits per heavy atom. The Labute approximate surface area is 97.5 Å². The molecule has 0 bridgehead atoms. The second kappa shape index (κ2) is 6.21. The summed E-state index contributed by atoms with van der Waals surface area (Å²) in [5.74, 6) is 0.309. The molecule has 0 spiro atoms. The molecule has 16 heavy (non-hydrogen) atoms. The van der Waals surface area contributed by atoms with Gasteiger partial charge in [-0.1, -0.05) is 12.8 Å². The van der Waals surface area contributed by atoms with Gasteiger partial charge in [-0.25, -0.2) is 0 Å². The number of carbonyl (C=O) groups excluding carboxylic acids is 1. The van der Waals surface area contributed by atoms with Crippen LogP contribution in [0.2, 0.25) is 0 Å². The van der Waals surface area contributed by atoms with E-state index in [0.29, 0.717) is 12.5 Å². The van der Waals surface area contributed by atoms with Crippen LogP contribution in [0.5, 0.6) is 0 Å². The summed E-state index contributed by atoms with van der Waals surface area (Å²) in [5, 5.41) is 0. The summed E-state index contributed by atoms with van der Waals surface area (Å²) in [6.45, 7) is 5.86. The van der Waals surface area contributed by atoms with E-state index in [-0.39, 0.29) is 0 Å². The molecule has 1 amide bonds. The molecule has 0 saturated carbocycles. The Balaban J connectivity index is 1.76. The van der Waals surface area contributed by atoms with Crippen LogP contribution in [0.3, 0.4) is 0 Å². The Kier molecular flexibility index (Phi) is 4.60. The monoisotopic (exact) mass is 226 g/mol. The van der Waals surface area contributed by atoms with Crippen LogP contribution >= 0.6 is 0 Å². The smallest absolute Gasteiger partial charge is 0.236 e. The molecule has 4 heteroatoms. The normalized spacial score (nSPS) is 24.1. The lowest BCUT2D eigenvalue weighted by Gasteiger charge is -2.29. The molecule has 0 aromatic rings. The van der Waals surface area contributed by atoms with Gasteiger partial charge >= 0.3 is 0 Å². The van der Waals surface area contributed by atoms with E-state index in [0.717, 1.165) is 39.4 Å². The quantitative estimate of drug-likeness (QED) is 0.695. The topological polar surface area (TPSA) is 32.8 Å². The fraction of sp³-hybridized carbons (Fsp3) is 0.917. The van der Waals surface area contributed by atoms with Crippen molar-refractivity contribution < 1.29 is 9.53 Å². The number of hydrogen-bond donors (Lipinski definition) is 0. The number of hydrogen-bond acceptors (Lipinski definition) is 3. The molecule has 2 rings (SSSR count). The predicted molar refractivity (Wildman–Crippen MR) is 62.3 cm³/mol. The summed E-state index contributed by atoms with van der Waals surface area (Å²) < 4.78 is 5.28. The lowest BCUT2D eigenvalue weighted by atomic mass is 10.2. The number of morpholine rings is 1. The van der Waals surface area contributed by atoms with Crippen molar-refractivity contribution in [3.63, 3.8) is 0 Å². The van der Waals surface area contributed by atoms with E-state index in [1.165, 1.54) is 25.7 Å². The highest BCUT2D eigenvalue weighted by Crippen LogP contribution is 2.10. The van der Waals surface area contributed by atoms with E-state index >= 15 is 0 Å². The number of amides is 1. The van der Waals surface area contributed by atoms with E-state index in [1.807, 2.05) is 4.90 Å². The third-order valence-corrected chi connectivity index (χ3v) is 3.42. The standard InChI is InChI=1S/C12H22N2O2/c15-12(11-13-7-9-16-10-8-13)14-5-3-1-2-4-6-14/h1-11H2. The zero-order valence-corrected chi connectivity index (χ0v) is 9.99. The highest BCUT2D eigenvalue weighted by atomic mass is 16.5. The molecule has 0 aromatic carbocycles. The maximum Gasteiger partial charge on any atom is 0.236 e. The SMILES string of the molecule is O=C(CN1CCOCC1)N1CCCCCC1. The summed E-state index contributed by atoms with van der Waals surface area (Å²) in [7, 11) is 0. The Morgan fingerprint density at radius 2 is 1.56 bits per heavy atom. The van der Waals surface area contributed by atoms with Crippen LogP contribution in [0.1, 0.15) is 25.7 Å². The average molecular weight is 226 g/mol. The lowest BCUT2D eigenvalue weighted by molar-refractivity contribution is -0.133. The van der Waals surface area contributed by atoms with E-state index < -0.39 is 0 Å². The van der Waals surface area contributed by atoms with Gasteiger partial charge in [0, 0.05) is 26.2 Å². The number of carbonyl (C=O) groups is 1. The van der Waals surface area contributed by atoms with E-state index in [2.05, 4.69) is 4.90 Å². The average Bonchev–Trinajstić information content (AvgIpc) is 2.59. The maximum atomic E-state index is 12.1. The summed E-state index contributed by atoms with van der Waals surface area (Å²) in [6, 6.07) is 0. The van der Waals surface area contributed by atoms with Gasteiger partial charge in [0.1, 0.15) is 0 Å². The van der Waals surface area contributed by atoms with Gasteiger partial charge in [-0.3, -0.25) is 9.69 Å². The van der Waals surface area contributed by atoms with Crippen LogP contribution in [-0.4, -0.2) is 61.6 Å². The van der Waals surface area contributed by atoms with Crippen molar-refractivity contribution in [3.8, 4) is 0 Å². The highest BCUT2D eigenvalue weighted by Gasteiger charge is 2.19. The van der Waals surface area contributed by atoms with Crippen LogP contribution in [0, 0.1) is 0 Å². The van der Waals surface area contributed by atoms with Gasteiger partial charge in [-0.15, -0.1) is 0 Å². The van der Waals surface area contributed by atoms with Gasteiger partial charge in [0.15, 0.2) is 0 Å². The Bertz CT molecular complexity index is 219. The third kappa shape index (κ3) is 3.46. The zero-order chi connectivity index (χ0) is 11.2. The van der Waals surface area contributed by atoms with Crippen molar-refractivity contribution in [1.82, 2.24) is 9.80 Å². The van der Waals surface area contributed by atoms with Crippen molar-refractivity contribution >= 4 is 5.91 Å². The third-order valence-electron chi connectivity index (χ3n) is 3.42. The first-order valence-corrected chi connectivity index (χ1v) is 6.44. The molecule has 0 radical (unpaired) electrons. The fourth-order valence-electron chi connectivity index (χ4n) is 2.37. The van der Waals surface area contributed by atoms with E-state index in [1.54, 1.807) is 0 Å². The van der Waals surface area contributed by atoms with E-state index in [9.17, 15) is 4.79 Å². The molecule has 2 aliphatic heterocycles. The zero-order valence-electron chi connectivity index (χ0n) is 9.99. The van der Waals surface area contributed by atoms with Crippen molar-refractivity contribution in [1.29, 1.82) is 0 Å². The molecule has 2 fully saturated rings. The Morgan fingerprint density at radius 1 is 0.938 bits per heavy atom. The summed E-state index contributed by atoms with van der Waals surface area (Å²) in [6.07, 6.45) is 4.91. The summed E-state index contributed by atoms with van der Waals surface area (Å²) >= 11 is 0. The van der Waals surface area contributed by atoms with E-state index in [4.69, 9.17) is 4.74 Å². The van der Waals surface area contributed by atoms with Crippen molar-refractivity contribution in [2.45, 2.75) is 25.7 Å². The molecule has 0 unspecified atom stereocenters. The molecule has 0 aliphatic carbocycles. The Hall–Kier alpha value is -0.610. The van der Waals surface area contributed by atoms with Crippen LogP contribution in [0.25, 0.3) is 0 Å². The first-order valence-electron chi connectivity index (χ1n) is 6.44. The number of ether oxygens (including phenoxy) is 1. The molecule has 0 aromatic heterocycles. The molecule has 2 saturated heterocycles. The van der Waals surface area contributed by atoms with Crippen molar-refractivity contribution in [3.05, 3.63) is 0 Å². The molecule has 2 heterocycles. The van der Waals surface area contributed by atoms with Crippen LogP contribution in [-0.2, 0) is 9.53 Å². The van der Waals surface area contributed by atoms with Crippen LogP contribution < -0.4 is 0 Å². The number of nitrogens with zero attached hydrogens (tertiary/aromatic N) is 2. The largest absolute Gasteiger partial charge is 0.379 e. The minimum absolute atomic E-state index is 0.309. The lowest BCUT2D eigenvalue weighted by Crippen LogP contribution is -2.45. The molecular weight excluding hydrogens is 204 g/mol. The van der Waals surface area contributed by atoms with Gasteiger partial charge in [0.05, 0.1) is 19.8 Å². The molecule has 4 nitrogen and oxygen atoms in total. The first-order chi connectivity index (χ1) is 7.86. The van der Waals surface area contributed by atoms with Gasteiger partial charge < -0.3 is 9.64 Å². The second-order valence-corrected chi connectivity index (χ2v) is 4.68. The van der Waals surface area contributed by atoms with Crippen molar-refractivity contribution in [2.75, 3.05) is 45.9 Å². The predicted octanol–water partition coefficient (Wildman–Crippen LogP) is 0.721. The minimum atomic E-state index is 0.309. The molecular formula is C12H22N2O2. The molecule has 92 valence electrons. The van der Waals surface area contributed by atoms with Gasteiger partial charge in [0.25, 0.3) is 0 Å². The first kappa shape index (κ1) is 11.9. The fourth-order valence-corrected chi connectivity index (χ4v) is 2.37. The summed E-state index contributed by atoms with van der Waals surface area (Å²) in [4.78, 5) is 16.3. The van der Waals surface area contributed by atoms with Gasteiger partial charge in [0.2, 0.25) is 5.91 Å². The van der Waals surface area contributed by atoms with Crippen LogP contribution in [0.15, 0.2) is 0 Å². The minimum Gasteiger partial charge on any atom is -0.379 e.